The largest absolute Gasteiger partial charge is 0.310 e. The van der Waals surface area contributed by atoms with Crippen molar-refractivity contribution in [1.29, 1.82) is 0 Å². The number of para-hydroxylation sites is 2. The predicted molar refractivity (Wildman–Crippen MR) is 221 cm³/mol. The summed E-state index contributed by atoms with van der Waals surface area (Å²) in [5.74, 6) is 0. The Morgan fingerprint density at radius 1 is 0.365 bits per heavy atom. The summed E-state index contributed by atoms with van der Waals surface area (Å²) in [5, 5.41) is 4.78. The summed E-state index contributed by atoms with van der Waals surface area (Å²) in [4.78, 5) is 12.9. The minimum Gasteiger partial charge on any atom is -0.310 e. The third kappa shape index (κ3) is 5.29. The van der Waals surface area contributed by atoms with Gasteiger partial charge >= 0.3 is 0 Å². The summed E-state index contributed by atoms with van der Waals surface area (Å²) < 4.78 is 2.55. The Morgan fingerprint density at radius 2 is 0.923 bits per heavy atom. The number of hydrogen-bond acceptors (Lipinski definition) is 4. The van der Waals surface area contributed by atoms with Crippen LogP contribution in [-0.4, -0.2) is 9.97 Å². The van der Waals surface area contributed by atoms with Crippen LogP contribution in [0.25, 0.3) is 75.6 Å². The van der Waals surface area contributed by atoms with Gasteiger partial charge in [-0.1, -0.05) is 127 Å². The van der Waals surface area contributed by atoms with Crippen molar-refractivity contribution in [3.05, 3.63) is 188 Å². The van der Waals surface area contributed by atoms with Crippen LogP contribution >= 0.6 is 11.3 Å². The van der Waals surface area contributed by atoms with Crippen molar-refractivity contribution in [2.24, 2.45) is 0 Å². The van der Waals surface area contributed by atoms with Gasteiger partial charge in [0.1, 0.15) is 0 Å². The first-order valence-corrected chi connectivity index (χ1v) is 18.3. The van der Waals surface area contributed by atoms with E-state index in [0.29, 0.717) is 0 Å². The van der Waals surface area contributed by atoms with Gasteiger partial charge in [0.15, 0.2) is 0 Å². The number of fused-ring (bicyclic) bond motifs is 6. The van der Waals surface area contributed by atoms with Gasteiger partial charge in [0, 0.05) is 53.7 Å². The normalized spacial score (nSPS) is 11.5. The van der Waals surface area contributed by atoms with E-state index in [0.717, 1.165) is 66.9 Å². The molecule has 0 aliphatic carbocycles. The first-order valence-electron chi connectivity index (χ1n) is 17.5. The van der Waals surface area contributed by atoms with Crippen molar-refractivity contribution in [1.82, 2.24) is 9.97 Å². The number of thiophene rings is 1. The second-order valence-electron chi connectivity index (χ2n) is 13.0. The third-order valence-electron chi connectivity index (χ3n) is 9.82. The molecule has 0 aliphatic rings. The number of nitrogens with zero attached hydrogens (tertiary/aromatic N) is 3. The molecule has 0 saturated carbocycles. The van der Waals surface area contributed by atoms with Crippen molar-refractivity contribution in [3.63, 3.8) is 0 Å². The number of benzene rings is 8. The number of rotatable bonds is 6. The molecular formula is C48H31N3S. The zero-order chi connectivity index (χ0) is 34.4. The van der Waals surface area contributed by atoms with Crippen molar-refractivity contribution < 1.29 is 0 Å². The Bertz CT molecular complexity index is 2850. The van der Waals surface area contributed by atoms with Crippen molar-refractivity contribution >= 4 is 70.4 Å². The monoisotopic (exact) mass is 681 g/mol. The van der Waals surface area contributed by atoms with Gasteiger partial charge in [-0.3, -0.25) is 0 Å². The van der Waals surface area contributed by atoms with Gasteiger partial charge in [0.05, 0.1) is 22.4 Å². The van der Waals surface area contributed by atoms with Crippen LogP contribution in [0.5, 0.6) is 0 Å². The molecule has 0 fully saturated rings. The Labute approximate surface area is 305 Å². The third-order valence-corrected chi connectivity index (χ3v) is 11.0. The highest BCUT2D eigenvalue weighted by atomic mass is 32.1. The lowest BCUT2D eigenvalue weighted by Crippen LogP contribution is -2.09. The summed E-state index contributed by atoms with van der Waals surface area (Å²) in [7, 11) is 0. The zero-order valence-electron chi connectivity index (χ0n) is 28.1. The lowest BCUT2D eigenvalue weighted by molar-refractivity contribution is 1.29. The molecule has 10 rings (SSSR count). The molecule has 0 bridgehead atoms. The molecule has 0 radical (unpaired) electrons. The fourth-order valence-electron chi connectivity index (χ4n) is 7.30. The predicted octanol–water partition coefficient (Wildman–Crippen LogP) is 13.6. The fourth-order valence-corrected chi connectivity index (χ4v) is 8.42. The van der Waals surface area contributed by atoms with Gasteiger partial charge in [0.2, 0.25) is 0 Å². The molecule has 0 saturated heterocycles. The van der Waals surface area contributed by atoms with Gasteiger partial charge in [-0.05, 0) is 77.2 Å². The minimum absolute atomic E-state index is 0.887. The molecule has 10 aromatic rings. The molecule has 8 aromatic carbocycles. The minimum atomic E-state index is 0.887. The first-order chi connectivity index (χ1) is 25.8. The lowest BCUT2D eigenvalue weighted by Gasteiger charge is -2.25. The SMILES string of the molecule is c1ccc(-c2nc3ccc4ccc(-c5ccc6sc7cc(N(c8ccccc8)c8ccccc8)ccc7c6c5)cc4c3nc2-c2ccccc2)cc1. The van der Waals surface area contributed by atoms with Crippen LogP contribution in [0.3, 0.4) is 0 Å². The molecule has 2 aromatic heterocycles. The molecule has 0 amide bonds. The second-order valence-corrected chi connectivity index (χ2v) is 14.1. The van der Waals surface area contributed by atoms with E-state index in [1.165, 1.54) is 25.7 Å². The first kappa shape index (κ1) is 30.2. The maximum atomic E-state index is 5.37. The summed E-state index contributed by atoms with van der Waals surface area (Å²) in [5.41, 5.74) is 11.4. The van der Waals surface area contributed by atoms with E-state index in [-0.39, 0.29) is 0 Å². The maximum absolute atomic E-state index is 5.37. The molecular weight excluding hydrogens is 651 g/mol. The smallest absolute Gasteiger partial charge is 0.0973 e. The van der Waals surface area contributed by atoms with Crippen molar-refractivity contribution in [2.75, 3.05) is 4.90 Å². The highest BCUT2D eigenvalue weighted by molar-refractivity contribution is 7.25. The lowest BCUT2D eigenvalue weighted by atomic mass is 9.98. The number of aromatic nitrogens is 2. The topological polar surface area (TPSA) is 29.0 Å². The van der Waals surface area contributed by atoms with Gasteiger partial charge in [-0.2, -0.15) is 0 Å². The van der Waals surface area contributed by atoms with Gasteiger partial charge in [0.25, 0.3) is 0 Å². The molecule has 2 heterocycles. The fraction of sp³-hybridized carbons (Fsp3) is 0. The summed E-state index contributed by atoms with van der Waals surface area (Å²) in [6.45, 7) is 0. The average molecular weight is 682 g/mol. The van der Waals surface area contributed by atoms with Gasteiger partial charge in [-0.25, -0.2) is 9.97 Å². The average Bonchev–Trinajstić information content (AvgIpc) is 3.59. The van der Waals surface area contributed by atoms with Crippen LogP contribution in [0.2, 0.25) is 0 Å². The van der Waals surface area contributed by atoms with Crippen LogP contribution < -0.4 is 4.90 Å². The van der Waals surface area contributed by atoms with Gasteiger partial charge in [-0.15, -0.1) is 11.3 Å². The highest BCUT2D eigenvalue weighted by Crippen LogP contribution is 2.42. The summed E-state index contributed by atoms with van der Waals surface area (Å²) in [6, 6.07) is 66.6. The standard InChI is InChI=1S/C48H31N3S/c1-5-13-33(14-6-1)46-47(34-15-7-2-8-16-34)50-48-41-29-35(22-21-32(41)23-27-43(48)49-46)36-24-28-44-42(30-36)40-26-25-39(31-45(40)52-44)51(37-17-9-3-10-18-37)38-19-11-4-12-20-38/h1-31H. The van der Waals surface area contributed by atoms with Crippen molar-refractivity contribution in [3.8, 4) is 33.6 Å². The van der Waals surface area contributed by atoms with Gasteiger partial charge < -0.3 is 4.90 Å². The molecule has 0 N–H and O–H groups in total. The quantitative estimate of drug-likeness (QED) is 0.164. The molecule has 0 aliphatic heterocycles. The summed E-state index contributed by atoms with van der Waals surface area (Å²) >= 11 is 1.85. The molecule has 0 spiro atoms. The summed E-state index contributed by atoms with van der Waals surface area (Å²) in [6.07, 6.45) is 0. The van der Waals surface area contributed by atoms with E-state index in [1.807, 2.05) is 23.5 Å². The molecule has 0 atom stereocenters. The second kappa shape index (κ2) is 12.6. The molecule has 0 unspecified atom stereocenters. The molecule has 3 nitrogen and oxygen atoms in total. The Morgan fingerprint density at radius 3 is 1.58 bits per heavy atom. The van der Waals surface area contributed by atoms with Crippen LogP contribution in [0, 0.1) is 0 Å². The van der Waals surface area contributed by atoms with Crippen LogP contribution in [0.15, 0.2) is 188 Å². The van der Waals surface area contributed by atoms with E-state index < -0.39 is 0 Å². The van der Waals surface area contributed by atoms with Crippen LogP contribution in [-0.2, 0) is 0 Å². The highest BCUT2D eigenvalue weighted by Gasteiger charge is 2.17. The Balaban J connectivity index is 1.09. The van der Waals surface area contributed by atoms with Crippen LogP contribution in [0.4, 0.5) is 17.1 Å². The molecule has 244 valence electrons. The van der Waals surface area contributed by atoms with E-state index in [4.69, 9.17) is 9.97 Å². The number of anilines is 3. The Kier molecular flexibility index (Phi) is 7.33. The maximum Gasteiger partial charge on any atom is 0.0973 e. The van der Waals surface area contributed by atoms with E-state index in [1.54, 1.807) is 0 Å². The van der Waals surface area contributed by atoms with Crippen LogP contribution in [0.1, 0.15) is 0 Å². The van der Waals surface area contributed by atoms with E-state index in [2.05, 4.69) is 181 Å². The molecule has 52 heavy (non-hydrogen) atoms. The van der Waals surface area contributed by atoms with Crippen molar-refractivity contribution in [2.45, 2.75) is 0 Å². The number of hydrogen-bond donors (Lipinski definition) is 0. The Hall–Kier alpha value is -6.62. The van der Waals surface area contributed by atoms with E-state index >= 15 is 0 Å². The van der Waals surface area contributed by atoms with E-state index in [9.17, 15) is 0 Å². The zero-order valence-corrected chi connectivity index (χ0v) is 29.0. The molecule has 4 heteroatoms.